The van der Waals surface area contributed by atoms with Crippen molar-refractivity contribution in [2.75, 3.05) is 0 Å². The van der Waals surface area contributed by atoms with E-state index in [0.717, 1.165) is 23.3 Å². The number of ether oxygens (including phenoxy) is 1. The molecular weight excluding hydrogens is 238 g/mol. The lowest BCUT2D eigenvalue weighted by molar-refractivity contribution is 0.281. The van der Waals surface area contributed by atoms with Gasteiger partial charge in [-0.3, -0.25) is 0 Å². The fourth-order valence-electron chi connectivity index (χ4n) is 1.59. The minimum atomic E-state index is -0.947. The number of aliphatic hydroxyl groups excluding tert-OH is 1. The summed E-state index contributed by atoms with van der Waals surface area (Å²) < 4.78 is 31.2. The maximum Gasteiger partial charge on any atom is 0.162 e. The molecule has 0 aliphatic carbocycles. The van der Waals surface area contributed by atoms with Crippen molar-refractivity contribution in [1.29, 1.82) is 0 Å². The van der Waals surface area contributed by atoms with Crippen LogP contribution in [0, 0.1) is 18.6 Å². The van der Waals surface area contributed by atoms with Crippen LogP contribution in [-0.4, -0.2) is 5.11 Å². The van der Waals surface area contributed by atoms with E-state index in [-0.39, 0.29) is 12.4 Å². The van der Waals surface area contributed by atoms with E-state index in [1.54, 1.807) is 18.2 Å². The maximum atomic E-state index is 13.0. The van der Waals surface area contributed by atoms with E-state index in [1.165, 1.54) is 6.07 Å². The molecule has 1 N–H and O–H groups in total. The van der Waals surface area contributed by atoms with Gasteiger partial charge >= 0.3 is 0 Å². The van der Waals surface area contributed by atoms with Crippen LogP contribution < -0.4 is 4.74 Å². The lowest BCUT2D eigenvalue weighted by Gasteiger charge is -2.09. The van der Waals surface area contributed by atoms with Crippen LogP contribution in [0.2, 0.25) is 0 Å². The number of hydrogen-bond acceptors (Lipinski definition) is 2. The fourth-order valence-corrected chi connectivity index (χ4v) is 1.59. The van der Waals surface area contributed by atoms with Gasteiger partial charge < -0.3 is 9.84 Å². The molecule has 4 heteroatoms. The van der Waals surface area contributed by atoms with Crippen molar-refractivity contribution < 1.29 is 18.6 Å². The van der Waals surface area contributed by atoms with Crippen molar-refractivity contribution in [2.24, 2.45) is 0 Å². The van der Waals surface area contributed by atoms with Gasteiger partial charge in [0.1, 0.15) is 11.5 Å². The lowest BCUT2D eigenvalue weighted by Crippen LogP contribution is -1.92. The predicted octanol–water partition coefficient (Wildman–Crippen LogP) is 3.56. The Morgan fingerprint density at radius 1 is 1.06 bits per heavy atom. The highest BCUT2D eigenvalue weighted by Gasteiger charge is 2.06. The Hall–Kier alpha value is -1.94. The zero-order chi connectivity index (χ0) is 13.1. The Bertz CT molecular complexity index is 568. The van der Waals surface area contributed by atoms with Crippen LogP contribution >= 0.6 is 0 Å². The zero-order valence-electron chi connectivity index (χ0n) is 9.78. The van der Waals surface area contributed by atoms with Gasteiger partial charge in [-0.2, -0.15) is 0 Å². The zero-order valence-corrected chi connectivity index (χ0v) is 9.78. The molecule has 0 radical (unpaired) electrons. The smallest absolute Gasteiger partial charge is 0.162 e. The normalized spacial score (nSPS) is 10.4. The van der Waals surface area contributed by atoms with Gasteiger partial charge in [-0.05, 0) is 36.2 Å². The summed E-state index contributed by atoms with van der Waals surface area (Å²) in [5.41, 5.74) is 1.58. The Kier molecular flexibility index (Phi) is 3.58. The molecule has 0 bridgehead atoms. The third-order valence-electron chi connectivity index (χ3n) is 2.54. The fraction of sp³-hybridized carbons (Fsp3) is 0.143. The van der Waals surface area contributed by atoms with Crippen molar-refractivity contribution >= 4 is 0 Å². The van der Waals surface area contributed by atoms with Crippen LogP contribution in [0.15, 0.2) is 36.4 Å². The van der Waals surface area contributed by atoms with E-state index >= 15 is 0 Å². The van der Waals surface area contributed by atoms with Crippen LogP contribution in [0.4, 0.5) is 8.78 Å². The van der Waals surface area contributed by atoms with Crippen LogP contribution in [0.3, 0.4) is 0 Å². The number of aliphatic hydroxyl groups is 1. The molecule has 94 valence electrons. The van der Waals surface area contributed by atoms with Gasteiger partial charge in [-0.15, -0.1) is 0 Å². The van der Waals surface area contributed by atoms with Gasteiger partial charge in [0.05, 0.1) is 6.61 Å². The first-order chi connectivity index (χ1) is 8.60. The topological polar surface area (TPSA) is 29.5 Å². The molecular formula is C14H12F2O2. The van der Waals surface area contributed by atoms with Crippen molar-refractivity contribution in [3.05, 3.63) is 59.2 Å². The van der Waals surface area contributed by atoms with Crippen LogP contribution in [0.1, 0.15) is 11.1 Å². The number of hydrogen-bond donors (Lipinski definition) is 1. The summed E-state index contributed by atoms with van der Waals surface area (Å²) in [6.45, 7) is 1.76. The van der Waals surface area contributed by atoms with Gasteiger partial charge in [-0.1, -0.05) is 12.1 Å². The third-order valence-corrected chi connectivity index (χ3v) is 2.54. The van der Waals surface area contributed by atoms with Gasteiger partial charge in [0, 0.05) is 6.07 Å². The van der Waals surface area contributed by atoms with Crippen molar-refractivity contribution in [3.8, 4) is 11.5 Å². The third kappa shape index (κ3) is 2.65. The summed E-state index contributed by atoms with van der Waals surface area (Å²) in [6.07, 6.45) is 0. The Labute approximate surface area is 103 Å². The molecule has 0 aliphatic heterocycles. The van der Waals surface area contributed by atoms with E-state index in [2.05, 4.69) is 0 Å². The summed E-state index contributed by atoms with van der Waals surface area (Å²) in [5, 5.41) is 8.98. The molecule has 0 amide bonds. The minimum Gasteiger partial charge on any atom is -0.457 e. The number of aryl methyl sites for hydroxylation is 1. The van der Waals surface area contributed by atoms with Gasteiger partial charge in [0.2, 0.25) is 0 Å². The molecule has 0 saturated carbocycles. The quantitative estimate of drug-likeness (QED) is 0.902. The molecule has 0 saturated heterocycles. The van der Waals surface area contributed by atoms with Crippen molar-refractivity contribution in [3.63, 3.8) is 0 Å². The first-order valence-electron chi connectivity index (χ1n) is 5.43. The van der Waals surface area contributed by atoms with Crippen molar-refractivity contribution in [2.45, 2.75) is 13.5 Å². The molecule has 0 spiro atoms. The lowest BCUT2D eigenvalue weighted by atomic mass is 10.1. The predicted molar refractivity (Wildman–Crippen MR) is 63.5 cm³/mol. The number of rotatable bonds is 3. The van der Waals surface area contributed by atoms with E-state index in [1.807, 2.05) is 6.92 Å². The Morgan fingerprint density at radius 3 is 2.44 bits per heavy atom. The standard InChI is InChI=1S/C14H12F2O2/c1-9-6-10(8-17)2-5-14(9)18-11-3-4-12(15)13(16)7-11/h2-7,17H,8H2,1H3. The number of halogens is 2. The van der Waals surface area contributed by atoms with Gasteiger partial charge in [-0.25, -0.2) is 8.78 Å². The molecule has 2 nitrogen and oxygen atoms in total. The molecule has 0 fully saturated rings. The van der Waals surface area contributed by atoms with E-state index in [4.69, 9.17) is 9.84 Å². The SMILES string of the molecule is Cc1cc(CO)ccc1Oc1ccc(F)c(F)c1. The van der Waals surface area contributed by atoms with Crippen LogP contribution in [0.5, 0.6) is 11.5 Å². The molecule has 0 heterocycles. The highest BCUT2D eigenvalue weighted by atomic mass is 19.2. The van der Waals surface area contributed by atoms with E-state index in [0.29, 0.717) is 5.75 Å². The maximum absolute atomic E-state index is 13.0. The number of benzene rings is 2. The summed E-state index contributed by atoms with van der Waals surface area (Å²) in [6, 6.07) is 8.54. The summed E-state index contributed by atoms with van der Waals surface area (Å²) in [7, 11) is 0. The largest absolute Gasteiger partial charge is 0.457 e. The molecule has 2 rings (SSSR count). The Balaban J connectivity index is 2.25. The van der Waals surface area contributed by atoms with E-state index in [9.17, 15) is 8.78 Å². The molecule has 2 aromatic rings. The Morgan fingerprint density at radius 2 is 1.83 bits per heavy atom. The molecule has 0 aromatic heterocycles. The van der Waals surface area contributed by atoms with Crippen LogP contribution in [-0.2, 0) is 6.61 Å². The van der Waals surface area contributed by atoms with E-state index < -0.39 is 11.6 Å². The summed E-state index contributed by atoms with van der Waals surface area (Å²) in [4.78, 5) is 0. The highest BCUT2D eigenvalue weighted by molar-refractivity contribution is 5.39. The van der Waals surface area contributed by atoms with Crippen LogP contribution in [0.25, 0.3) is 0 Å². The second kappa shape index (κ2) is 5.14. The molecule has 2 aromatic carbocycles. The first kappa shape index (κ1) is 12.5. The second-order valence-electron chi connectivity index (χ2n) is 3.94. The highest BCUT2D eigenvalue weighted by Crippen LogP contribution is 2.26. The van der Waals surface area contributed by atoms with Crippen molar-refractivity contribution in [1.82, 2.24) is 0 Å². The first-order valence-corrected chi connectivity index (χ1v) is 5.43. The molecule has 0 unspecified atom stereocenters. The van der Waals surface area contributed by atoms with Gasteiger partial charge in [0.25, 0.3) is 0 Å². The van der Waals surface area contributed by atoms with Gasteiger partial charge in [0.15, 0.2) is 11.6 Å². The molecule has 0 atom stereocenters. The minimum absolute atomic E-state index is 0.0493. The summed E-state index contributed by atoms with van der Waals surface area (Å²) >= 11 is 0. The molecule has 18 heavy (non-hydrogen) atoms. The monoisotopic (exact) mass is 250 g/mol. The second-order valence-corrected chi connectivity index (χ2v) is 3.94. The average molecular weight is 250 g/mol. The summed E-state index contributed by atoms with van der Waals surface area (Å²) in [5.74, 6) is -1.08. The average Bonchev–Trinajstić information content (AvgIpc) is 2.36. The molecule has 0 aliphatic rings.